The molecule has 120 valence electrons. The predicted molar refractivity (Wildman–Crippen MR) is 95.1 cm³/mol. The molecule has 0 aliphatic rings. The maximum atomic E-state index is 3.66. The SMILES string of the molecule is CCCC(C)(CNCC(C)C)CN(CC)c1ccccc1. The van der Waals surface area contributed by atoms with Crippen molar-refractivity contribution in [1.82, 2.24) is 5.32 Å². The van der Waals surface area contributed by atoms with Crippen LogP contribution in [0.3, 0.4) is 0 Å². The highest BCUT2D eigenvalue weighted by molar-refractivity contribution is 5.46. The van der Waals surface area contributed by atoms with Crippen molar-refractivity contribution in [2.75, 3.05) is 31.1 Å². The standard InChI is InChI=1S/C19H34N2/c1-6-13-19(5,15-20-14-17(3)4)16-21(7-2)18-11-9-8-10-12-18/h8-12,17,20H,6-7,13-16H2,1-5H3. The van der Waals surface area contributed by atoms with Gasteiger partial charge in [0.1, 0.15) is 0 Å². The third kappa shape index (κ3) is 6.52. The third-order valence-electron chi connectivity index (χ3n) is 4.03. The fourth-order valence-corrected chi connectivity index (χ4v) is 2.97. The Balaban J connectivity index is 2.70. The van der Waals surface area contributed by atoms with Crippen LogP contribution in [0.15, 0.2) is 30.3 Å². The van der Waals surface area contributed by atoms with Gasteiger partial charge in [0.25, 0.3) is 0 Å². The lowest BCUT2D eigenvalue weighted by atomic mass is 9.84. The number of anilines is 1. The largest absolute Gasteiger partial charge is 0.371 e. The molecule has 1 unspecified atom stereocenters. The zero-order valence-corrected chi connectivity index (χ0v) is 14.7. The summed E-state index contributed by atoms with van der Waals surface area (Å²) in [5.41, 5.74) is 1.67. The summed E-state index contributed by atoms with van der Waals surface area (Å²) in [6, 6.07) is 10.8. The average Bonchev–Trinajstić information content (AvgIpc) is 2.45. The van der Waals surface area contributed by atoms with Crippen LogP contribution in [0.1, 0.15) is 47.5 Å². The molecule has 1 aromatic rings. The minimum absolute atomic E-state index is 0.329. The summed E-state index contributed by atoms with van der Waals surface area (Å²) >= 11 is 0. The van der Waals surface area contributed by atoms with Gasteiger partial charge in [-0.05, 0) is 43.4 Å². The van der Waals surface area contributed by atoms with Gasteiger partial charge >= 0.3 is 0 Å². The monoisotopic (exact) mass is 290 g/mol. The second-order valence-corrected chi connectivity index (χ2v) is 6.94. The zero-order chi connectivity index (χ0) is 15.7. The molecule has 0 amide bonds. The molecule has 0 spiro atoms. The van der Waals surface area contributed by atoms with E-state index in [0.29, 0.717) is 11.3 Å². The molecule has 0 saturated carbocycles. The molecule has 0 radical (unpaired) electrons. The summed E-state index contributed by atoms with van der Waals surface area (Å²) in [6.07, 6.45) is 2.51. The summed E-state index contributed by atoms with van der Waals surface area (Å²) in [6.45, 7) is 15.9. The third-order valence-corrected chi connectivity index (χ3v) is 4.03. The first-order chi connectivity index (χ1) is 10.0. The van der Waals surface area contributed by atoms with Crippen LogP contribution in [-0.4, -0.2) is 26.2 Å². The molecule has 1 rings (SSSR count). The van der Waals surface area contributed by atoms with Gasteiger partial charge in [-0.2, -0.15) is 0 Å². The van der Waals surface area contributed by atoms with Crippen molar-refractivity contribution in [3.63, 3.8) is 0 Å². The van der Waals surface area contributed by atoms with E-state index in [0.717, 1.165) is 26.2 Å². The first-order valence-electron chi connectivity index (χ1n) is 8.51. The van der Waals surface area contributed by atoms with Gasteiger partial charge in [0.05, 0.1) is 0 Å². The van der Waals surface area contributed by atoms with Crippen molar-refractivity contribution in [1.29, 1.82) is 0 Å². The van der Waals surface area contributed by atoms with Crippen molar-refractivity contribution in [3.05, 3.63) is 30.3 Å². The van der Waals surface area contributed by atoms with E-state index in [1.807, 2.05) is 0 Å². The Morgan fingerprint density at radius 1 is 1.14 bits per heavy atom. The Labute approximate surface area is 131 Å². The topological polar surface area (TPSA) is 15.3 Å². The number of nitrogens with one attached hydrogen (secondary N) is 1. The summed E-state index contributed by atoms with van der Waals surface area (Å²) in [4.78, 5) is 2.51. The van der Waals surface area contributed by atoms with Gasteiger partial charge < -0.3 is 10.2 Å². The highest BCUT2D eigenvalue weighted by atomic mass is 15.1. The number of para-hydroxylation sites is 1. The molecular formula is C19H34N2. The molecule has 0 aromatic heterocycles. The molecule has 0 fully saturated rings. The summed E-state index contributed by atoms with van der Waals surface area (Å²) < 4.78 is 0. The van der Waals surface area contributed by atoms with E-state index >= 15 is 0 Å². The Morgan fingerprint density at radius 2 is 1.81 bits per heavy atom. The van der Waals surface area contributed by atoms with E-state index in [1.54, 1.807) is 0 Å². The van der Waals surface area contributed by atoms with Crippen molar-refractivity contribution in [2.45, 2.75) is 47.5 Å². The smallest absolute Gasteiger partial charge is 0.0366 e. The van der Waals surface area contributed by atoms with Crippen LogP contribution >= 0.6 is 0 Å². The molecule has 0 aliphatic heterocycles. The molecule has 2 nitrogen and oxygen atoms in total. The molecule has 0 bridgehead atoms. The van der Waals surface area contributed by atoms with E-state index in [9.17, 15) is 0 Å². The molecule has 1 atom stereocenters. The van der Waals surface area contributed by atoms with Gasteiger partial charge in [0.2, 0.25) is 0 Å². The second kappa shape index (κ2) is 9.09. The van der Waals surface area contributed by atoms with E-state index < -0.39 is 0 Å². The van der Waals surface area contributed by atoms with Crippen molar-refractivity contribution in [3.8, 4) is 0 Å². The lowest BCUT2D eigenvalue weighted by Crippen LogP contribution is -2.43. The molecular weight excluding hydrogens is 256 g/mol. The average molecular weight is 290 g/mol. The van der Waals surface area contributed by atoms with Gasteiger partial charge in [-0.3, -0.25) is 0 Å². The minimum atomic E-state index is 0.329. The molecule has 0 heterocycles. The Hall–Kier alpha value is -1.02. The van der Waals surface area contributed by atoms with Crippen LogP contribution in [-0.2, 0) is 0 Å². The first kappa shape index (κ1) is 18.0. The summed E-state index contributed by atoms with van der Waals surface area (Å²) in [5.74, 6) is 0.715. The maximum absolute atomic E-state index is 3.66. The molecule has 2 heteroatoms. The first-order valence-corrected chi connectivity index (χ1v) is 8.51. The van der Waals surface area contributed by atoms with E-state index in [1.165, 1.54) is 18.5 Å². The molecule has 1 aromatic carbocycles. The molecule has 21 heavy (non-hydrogen) atoms. The second-order valence-electron chi connectivity index (χ2n) is 6.94. The fraction of sp³-hybridized carbons (Fsp3) is 0.684. The normalized spacial score (nSPS) is 14.2. The van der Waals surface area contributed by atoms with Crippen LogP contribution in [0, 0.1) is 11.3 Å². The number of nitrogens with zero attached hydrogens (tertiary/aromatic N) is 1. The van der Waals surface area contributed by atoms with E-state index in [2.05, 4.69) is 75.2 Å². The summed E-state index contributed by atoms with van der Waals surface area (Å²) in [5, 5.41) is 3.66. The predicted octanol–water partition coefficient (Wildman–Crippen LogP) is 4.56. The Bertz CT molecular complexity index is 374. The van der Waals surface area contributed by atoms with E-state index in [4.69, 9.17) is 0 Å². The lowest BCUT2D eigenvalue weighted by molar-refractivity contribution is 0.276. The van der Waals surface area contributed by atoms with Crippen LogP contribution in [0.5, 0.6) is 0 Å². The number of hydrogen-bond donors (Lipinski definition) is 1. The molecule has 0 saturated heterocycles. The van der Waals surface area contributed by atoms with Gasteiger partial charge in [0.15, 0.2) is 0 Å². The van der Waals surface area contributed by atoms with Crippen LogP contribution in [0.4, 0.5) is 5.69 Å². The highest BCUT2D eigenvalue weighted by Gasteiger charge is 2.26. The van der Waals surface area contributed by atoms with Gasteiger partial charge in [0, 0.05) is 25.3 Å². The Morgan fingerprint density at radius 3 is 2.33 bits per heavy atom. The number of rotatable bonds is 10. The van der Waals surface area contributed by atoms with Gasteiger partial charge in [-0.25, -0.2) is 0 Å². The molecule has 0 aliphatic carbocycles. The number of hydrogen-bond acceptors (Lipinski definition) is 2. The van der Waals surface area contributed by atoms with Crippen molar-refractivity contribution in [2.24, 2.45) is 11.3 Å². The minimum Gasteiger partial charge on any atom is -0.371 e. The quantitative estimate of drug-likeness (QED) is 0.679. The van der Waals surface area contributed by atoms with Crippen LogP contribution < -0.4 is 10.2 Å². The van der Waals surface area contributed by atoms with Gasteiger partial charge in [-0.15, -0.1) is 0 Å². The maximum Gasteiger partial charge on any atom is 0.0366 e. The zero-order valence-electron chi connectivity index (χ0n) is 14.7. The lowest BCUT2D eigenvalue weighted by Gasteiger charge is -2.37. The van der Waals surface area contributed by atoms with Crippen molar-refractivity contribution >= 4 is 5.69 Å². The summed E-state index contributed by atoms with van der Waals surface area (Å²) in [7, 11) is 0. The van der Waals surface area contributed by atoms with Gasteiger partial charge in [-0.1, -0.05) is 52.3 Å². The molecule has 1 N–H and O–H groups in total. The van der Waals surface area contributed by atoms with E-state index in [-0.39, 0.29) is 0 Å². The fourth-order valence-electron chi connectivity index (χ4n) is 2.97. The highest BCUT2D eigenvalue weighted by Crippen LogP contribution is 2.26. The van der Waals surface area contributed by atoms with Crippen LogP contribution in [0.25, 0.3) is 0 Å². The van der Waals surface area contributed by atoms with Crippen molar-refractivity contribution < 1.29 is 0 Å². The number of benzene rings is 1. The van der Waals surface area contributed by atoms with Crippen LogP contribution in [0.2, 0.25) is 0 Å². The Kier molecular flexibility index (Phi) is 7.81.